The summed E-state index contributed by atoms with van der Waals surface area (Å²) in [6, 6.07) is 5.15. The van der Waals surface area contributed by atoms with E-state index in [0.717, 1.165) is 25.0 Å². The summed E-state index contributed by atoms with van der Waals surface area (Å²) in [5, 5.41) is 22.7. The predicted octanol–water partition coefficient (Wildman–Crippen LogP) is 2.71. The summed E-state index contributed by atoms with van der Waals surface area (Å²) >= 11 is 0. The van der Waals surface area contributed by atoms with Crippen molar-refractivity contribution in [1.29, 1.82) is 0 Å². The molecule has 3 N–H and O–H groups in total. The smallest absolute Gasteiger partial charge is 0.124 e. The Balaban J connectivity index is 2.02. The highest BCUT2D eigenvalue weighted by Crippen LogP contribution is 2.30. The van der Waals surface area contributed by atoms with Crippen molar-refractivity contribution in [2.24, 2.45) is 0 Å². The molecule has 0 bridgehead atoms. The van der Waals surface area contributed by atoms with E-state index in [4.69, 9.17) is 4.74 Å². The Morgan fingerprint density at radius 1 is 1.37 bits per heavy atom. The second kappa shape index (κ2) is 5.39. The predicted molar refractivity (Wildman–Crippen MR) is 74.4 cm³/mol. The van der Waals surface area contributed by atoms with E-state index in [1.54, 1.807) is 12.1 Å². The van der Waals surface area contributed by atoms with Crippen LogP contribution in [0.4, 0.5) is 0 Å². The average molecular weight is 265 g/mol. The number of hydrogen-bond acceptors (Lipinski definition) is 4. The third-order valence-electron chi connectivity index (χ3n) is 3.66. The van der Waals surface area contributed by atoms with E-state index in [0.29, 0.717) is 6.04 Å². The first-order valence-electron chi connectivity index (χ1n) is 6.79. The van der Waals surface area contributed by atoms with Crippen molar-refractivity contribution in [3.63, 3.8) is 0 Å². The maximum Gasteiger partial charge on any atom is 0.124 e. The van der Waals surface area contributed by atoms with Crippen LogP contribution >= 0.6 is 0 Å². The molecule has 1 aliphatic heterocycles. The highest BCUT2D eigenvalue weighted by atomic mass is 16.5. The maximum absolute atomic E-state index is 9.87. The van der Waals surface area contributed by atoms with Gasteiger partial charge in [-0.2, -0.15) is 0 Å². The molecule has 0 amide bonds. The molecule has 0 radical (unpaired) electrons. The van der Waals surface area contributed by atoms with Gasteiger partial charge in [0.25, 0.3) is 0 Å². The molecule has 1 aromatic carbocycles. The number of rotatable bonds is 3. The lowest BCUT2D eigenvalue weighted by Crippen LogP contribution is -2.44. The van der Waals surface area contributed by atoms with Gasteiger partial charge in [-0.25, -0.2) is 0 Å². The molecule has 0 aromatic heterocycles. The zero-order chi connectivity index (χ0) is 14.0. The van der Waals surface area contributed by atoms with Crippen LogP contribution in [0, 0.1) is 0 Å². The summed E-state index contributed by atoms with van der Waals surface area (Å²) in [7, 11) is 0. The number of benzene rings is 1. The lowest BCUT2D eigenvalue weighted by atomic mass is 9.93. The third kappa shape index (κ3) is 3.61. The van der Waals surface area contributed by atoms with E-state index in [9.17, 15) is 10.2 Å². The highest BCUT2D eigenvalue weighted by molar-refractivity contribution is 5.40. The topological polar surface area (TPSA) is 61.7 Å². The molecule has 2 rings (SSSR count). The van der Waals surface area contributed by atoms with Crippen LogP contribution in [0.25, 0.3) is 0 Å². The third-order valence-corrected chi connectivity index (χ3v) is 3.66. The normalized spacial score (nSPS) is 24.1. The highest BCUT2D eigenvalue weighted by Gasteiger charge is 2.29. The number of nitrogens with one attached hydrogen (secondary N) is 1. The molecule has 19 heavy (non-hydrogen) atoms. The van der Waals surface area contributed by atoms with Crippen LogP contribution in [-0.2, 0) is 4.74 Å². The minimum Gasteiger partial charge on any atom is -0.508 e. The van der Waals surface area contributed by atoms with E-state index in [-0.39, 0.29) is 23.1 Å². The molecule has 1 fully saturated rings. The van der Waals surface area contributed by atoms with Gasteiger partial charge >= 0.3 is 0 Å². The summed E-state index contributed by atoms with van der Waals surface area (Å²) in [6.07, 6.45) is 1.93. The molecule has 1 aliphatic rings. The number of phenolic OH excluding ortho intramolecular Hbond substituents is 2. The Kier molecular flexibility index (Phi) is 4.02. The Hall–Kier alpha value is -1.26. The van der Waals surface area contributed by atoms with E-state index in [1.807, 2.05) is 6.92 Å². The van der Waals surface area contributed by atoms with Gasteiger partial charge in [0, 0.05) is 30.3 Å². The molecular formula is C15H23NO3. The van der Waals surface area contributed by atoms with Crippen molar-refractivity contribution in [1.82, 2.24) is 5.32 Å². The molecule has 0 saturated carbocycles. The molecule has 0 spiro atoms. The van der Waals surface area contributed by atoms with Gasteiger partial charge in [0.05, 0.1) is 5.60 Å². The van der Waals surface area contributed by atoms with Crippen LogP contribution in [-0.4, -0.2) is 28.5 Å². The van der Waals surface area contributed by atoms with Crippen molar-refractivity contribution in [3.05, 3.63) is 23.8 Å². The van der Waals surface area contributed by atoms with Gasteiger partial charge in [-0.3, -0.25) is 0 Å². The van der Waals surface area contributed by atoms with Gasteiger partial charge in [0.15, 0.2) is 0 Å². The van der Waals surface area contributed by atoms with Crippen LogP contribution < -0.4 is 5.32 Å². The lowest BCUT2D eigenvalue weighted by Gasteiger charge is -2.37. The summed E-state index contributed by atoms with van der Waals surface area (Å²) < 4.78 is 5.70. The molecular weight excluding hydrogens is 242 g/mol. The second-order valence-electron chi connectivity index (χ2n) is 5.93. The quantitative estimate of drug-likeness (QED) is 0.786. The fourth-order valence-corrected chi connectivity index (χ4v) is 2.72. The zero-order valence-corrected chi connectivity index (χ0v) is 11.8. The molecule has 1 aromatic rings. The van der Waals surface area contributed by atoms with Crippen LogP contribution in [0.1, 0.15) is 45.2 Å². The van der Waals surface area contributed by atoms with Crippen LogP contribution in [0.5, 0.6) is 11.5 Å². The molecule has 1 saturated heterocycles. The van der Waals surface area contributed by atoms with Gasteiger partial charge in [0.1, 0.15) is 11.5 Å². The van der Waals surface area contributed by atoms with Crippen LogP contribution in [0.3, 0.4) is 0 Å². The number of aromatic hydroxyl groups is 2. The van der Waals surface area contributed by atoms with Gasteiger partial charge in [-0.05, 0) is 39.7 Å². The number of ether oxygens (including phenoxy) is 1. The van der Waals surface area contributed by atoms with Crippen molar-refractivity contribution >= 4 is 0 Å². The fraction of sp³-hybridized carbons (Fsp3) is 0.600. The first kappa shape index (κ1) is 14.2. The zero-order valence-electron chi connectivity index (χ0n) is 11.8. The first-order valence-corrected chi connectivity index (χ1v) is 6.79. The lowest BCUT2D eigenvalue weighted by molar-refractivity contribution is -0.0640. The van der Waals surface area contributed by atoms with Crippen molar-refractivity contribution in [2.45, 2.75) is 51.3 Å². The summed E-state index contributed by atoms with van der Waals surface area (Å²) in [6.45, 7) is 6.99. The Labute approximate surface area is 114 Å². The largest absolute Gasteiger partial charge is 0.508 e. The molecule has 1 heterocycles. The Morgan fingerprint density at radius 3 is 2.74 bits per heavy atom. The van der Waals surface area contributed by atoms with E-state index >= 15 is 0 Å². The van der Waals surface area contributed by atoms with E-state index in [2.05, 4.69) is 19.2 Å². The Bertz CT molecular complexity index is 445. The minimum absolute atomic E-state index is 0.0412. The van der Waals surface area contributed by atoms with E-state index in [1.165, 1.54) is 6.07 Å². The molecule has 4 nitrogen and oxygen atoms in total. The average Bonchev–Trinajstić information content (AvgIpc) is 2.27. The molecule has 106 valence electrons. The standard InChI is InChI=1S/C15H23NO3/c1-10(13-5-4-12(17)8-14(13)18)16-11-6-7-19-15(2,3)9-11/h4-5,8,10-11,16-18H,6-7,9H2,1-3H3. The maximum atomic E-state index is 9.87. The summed E-state index contributed by atoms with van der Waals surface area (Å²) in [5.41, 5.74) is 0.717. The second-order valence-corrected chi connectivity index (χ2v) is 5.93. The monoisotopic (exact) mass is 265 g/mol. The van der Waals surface area contributed by atoms with Gasteiger partial charge < -0.3 is 20.3 Å². The molecule has 0 aliphatic carbocycles. The molecule has 2 atom stereocenters. The number of phenols is 2. The fourth-order valence-electron chi connectivity index (χ4n) is 2.72. The summed E-state index contributed by atoms with van der Waals surface area (Å²) in [5.74, 6) is 0.215. The van der Waals surface area contributed by atoms with Gasteiger partial charge in [0.2, 0.25) is 0 Å². The first-order chi connectivity index (χ1) is 8.87. The van der Waals surface area contributed by atoms with E-state index < -0.39 is 0 Å². The Morgan fingerprint density at radius 2 is 2.11 bits per heavy atom. The van der Waals surface area contributed by atoms with Crippen molar-refractivity contribution in [2.75, 3.05) is 6.61 Å². The molecule has 4 heteroatoms. The number of hydrogen-bond donors (Lipinski definition) is 3. The minimum atomic E-state index is -0.0906. The van der Waals surface area contributed by atoms with Crippen molar-refractivity contribution in [3.8, 4) is 11.5 Å². The van der Waals surface area contributed by atoms with Crippen LogP contribution in [0.15, 0.2) is 18.2 Å². The van der Waals surface area contributed by atoms with Crippen LogP contribution in [0.2, 0.25) is 0 Å². The molecule has 2 unspecified atom stereocenters. The summed E-state index contributed by atoms with van der Waals surface area (Å²) in [4.78, 5) is 0. The van der Waals surface area contributed by atoms with Crippen molar-refractivity contribution < 1.29 is 14.9 Å². The SMILES string of the molecule is CC(NC1CCOC(C)(C)C1)c1ccc(O)cc1O. The van der Waals surface area contributed by atoms with Gasteiger partial charge in [-0.15, -0.1) is 0 Å². The van der Waals surface area contributed by atoms with Gasteiger partial charge in [-0.1, -0.05) is 6.07 Å².